The first-order valence-electron chi connectivity index (χ1n) is 6.25. The molecule has 0 bridgehead atoms. The molecule has 4 nitrogen and oxygen atoms in total. The lowest BCUT2D eigenvalue weighted by Gasteiger charge is -2.06. The van der Waals surface area contributed by atoms with Crippen LogP contribution in [0.5, 0.6) is 0 Å². The topological polar surface area (TPSA) is 54.7 Å². The number of thiazole rings is 1. The maximum atomic E-state index is 5.39. The second kappa shape index (κ2) is 5.75. The number of hydrogen-bond acceptors (Lipinski definition) is 5. The van der Waals surface area contributed by atoms with Gasteiger partial charge in [0.05, 0.1) is 10.7 Å². The van der Waals surface area contributed by atoms with Gasteiger partial charge in [-0.3, -0.25) is 0 Å². The van der Waals surface area contributed by atoms with Gasteiger partial charge >= 0.3 is 0 Å². The van der Waals surface area contributed by atoms with Gasteiger partial charge in [0.25, 0.3) is 10.7 Å². The zero-order chi connectivity index (χ0) is 13.1. The van der Waals surface area contributed by atoms with E-state index in [0.717, 1.165) is 29.8 Å². The minimum Gasteiger partial charge on any atom is -0.408 e. The summed E-state index contributed by atoms with van der Waals surface area (Å²) in [6, 6.07) is 0. The highest BCUT2D eigenvalue weighted by molar-refractivity contribution is 7.71. The molecule has 2 rings (SSSR count). The number of rotatable bonds is 5. The summed E-state index contributed by atoms with van der Waals surface area (Å²) in [5.41, 5.74) is 1.05. The average molecular weight is 283 g/mol. The third kappa shape index (κ3) is 2.54. The number of nitrogens with one attached hydrogen (secondary N) is 1. The Morgan fingerprint density at radius 3 is 2.56 bits per heavy atom. The van der Waals surface area contributed by atoms with Crippen molar-refractivity contribution < 1.29 is 4.42 Å². The van der Waals surface area contributed by atoms with E-state index in [1.54, 1.807) is 11.3 Å². The molecular weight excluding hydrogens is 266 g/mol. The van der Waals surface area contributed by atoms with Gasteiger partial charge in [-0.1, -0.05) is 20.8 Å². The number of nitrogens with zero attached hydrogens (tertiary/aromatic N) is 2. The maximum Gasteiger partial charge on any atom is 0.284 e. The van der Waals surface area contributed by atoms with E-state index in [2.05, 4.69) is 31.0 Å². The molecule has 0 fully saturated rings. The lowest BCUT2D eigenvalue weighted by molar-refractivity contribution is 0.552. The molecule has 0 radical (unpaired) electrons. The highest BCUT2D eigenvalue weighted by Gasteiger charge is 2.19. The molecule has 0 aliphatic carbocycles. The SMILES string of the molecule is CCc1nc(C(CC)CC)sc1-c1n[nH]c(=S)o1. The molecule has 2 aromatic heterocycles. The van der Waals surface area contributed by atoms with Crippen LogP contribution in [0.4, 0.5) is 0 Å². The van der Waals surface area contributed by atoms with Gasteiger partial charge in [-0.2, -0.15) is 0 Å². The summed E-state index contributed by atoms with van der Waals surface area (Å²) >= 11 is 6.59. The van der Waals surface area contributed by atoms with Gasteiger partial charge in [-0.05, 0) is 31.5 Å². The van der Waals surface area contributed by atoms with Gasteiger partial charge in [0.2, 0.25) is 0 Å². The van der Waals surface area contributed by atoms with Crippen LogP contribution in [0.15, 0.2) is 4.42 Å². The van der Waals surface area contributed by atoms with Crippen LogP contribution in [0.25, 0.3) is 10.8 Å². The molecule has 0 saturated carbocycles. The Labute approximate surface area is 115 Å². The molecule has 2 aromatic rings. The van der Waals surface area contributed by atoms with E-state index >= 15 is 0 Å². The molecule has 0 amide bonds. The Kier molecular flexibility index (Phi) is 4.29. The number of aryl methyl sites for hydroxylation is 1. The van der Waals surface area contributed by atoms with Crippen LogP contribution in [0, 0.1) is 4.84 Å². The molecule has 0 aliphatic heterocycles. The summed E-state index contributed by atoms with van der Waals surface area (Å²) in [5.74, 6) is 1.09. The molecule has 0 aromatic carbocycles. The molecule has 0 aliphatic rings. The molecule has 6 heteroatoms. The first-order valence-corrected chi connectivity index (χ1v) is 7.47. The lowest BCUT2D eigenvalue weighted by Crippen LogP contribution is -1.94. The third-order valence-electron chi connectivity index (χ3n) is 3.02. The summed E-state index contributed by atoms with van der Waals surface area (Å²) in [6.45, 7) is 6.48. The fraction of sp³-hybridized carbons (Fsp3) is 0.583. The first-order chi connectivity index (χ1) is 8.69. The average Bonchev–Trinajstić information content (AvgIpc) is 2.97. The van der Waals surface area contributed by atoms with E-state index in [-0.39, 0.29) is 0 Å². The quantitative estimate of drug-likeness (QED) is 0.830. The molecule has 0 unspecified atom stereocenters. The number of H-pyrrole nitrogens is 1. The molecular formula is C12H17N3OS2. The zero-order valence-electron chi connectivity index (χ0n) is 10.8. The fourth-order valence-corrected chi connectivity index (χ4v) is 3.39. The van der Waals surface area contributed by atoms with Gasteiger partial charge in [0.15, 0.2) is 0 Å². The molecule has 2 heterocycles. The van der Waals surface area contributed by atoms with Crippen LogP contribution >= 0.6 is 23.6 Å². The molecule has 18 heavy (non-hydrogen) atoms. The van der Waals surface area contributed by atoms with Crippen LogP contribution in [0.2, 0.25) is 0 Å². The van der Waals surface area contributed by atoms with Crippen molar-refractivity contribution in [3.8, 4) is 10.8 Å². The van der Waals surface area contributed by atoms with Crippen molar-refractivity contribution in [2.45, 2.75) is 46.0 Å². The van der Waals surface area contributed by atoms with Crippen molar-refractivity contribution in [1.82, 2.24) is 15.2 Å². The smallest absolute Gasteiger partial charge is 0.284 e. The maximum absolute atomic E-state index is 5.39. The van der Waals surface area contributed by atoms with Crippen molar-refractivity contribution in [1.29, 1.82) is 0 Å². The summed E-state index contributed by atoms with van der Waals surface area (Å²) in [6.07, 6.45) is 3.09. The van der Waals surface area contributed by atoms with Crippen molar-refractivity contribution in [3.63, 3.8) is 0 Å². The molecule has 98 valence electrons. The third-order valence-corrected chi connectivity index (χ3v) is 4.44. The van der Waals surface area contributed by atoms with Gasteiger partial charge < -0.3 is 4.42 Å². The van der Waals surface area contributed by atoms with E-state index in [1.165, 1.54) is 5.01 Å². The lowest BCUT2D eigenvalue weighted by atomic mass is 10.1. The van der Waals surface area contributed by atoms with Gasteiger partial charge in [0.1, 0.15) is 4.88 Å². The van der Waals surface area contributed by atoms with Crippen LogP contribution in [0.3, 0.4) is 0 Å². The highest BCUT2D eigenvalue weighted by atomic mass is 32.1. The van der Waals surface area contributed by atoms with E-state index in [0.29, 0.717) is 16.6 Å². The summed E-state index contributed by atoms with van der Waals surface area (Å²) < 4.78 is 5.39. The highest BCUT2D eigenvalue weighted by Crippen LogP contribution is 2.35. The summed E-state index contributed by atoms with van der Waals surface area (Å²) in [4.78, 5) is 6.04. The Hall–Kier alpha value is -1.01. The normalized spacial score (nSPS) is 11.3. The van der Waals surface area contributed by atoms with E-state index in [4.69, 9.17) is 21.6 Å². The summed E-state index contributed by atoms with van der Waals surface area (Å²) in [7, 11) is 0. The minimum atomic E-state index is 0.310. The Bertz CT molecular complexity index is 566. The van der Waals surface area contributed by atoms with Crippen molar-refractivity contribution in [2.24, 2.45) is 0 Å². The molecule has 0 atom stereocenters. The van der Waals surface area contributed by atoms with E-state index < -0.39 is 0 Å². The van der Waals surface area contributed by atoms with Crippen molar-refractivity contribution >= 4 is 23.6 Å². The second-order valence-corrected chi connectivity index (χ2v) is 5.51. The van der Waals surface area contributed by atoms with Crippen molar-refractivity contribution in [2.75, 3.05) is 0 Å². The van der Waals surface area contributed by atoms with E-state index in [1.807, 2.05) is 0 Å². The van der Waals surface area contributed by atoms with Gasteiger partial charge in [-0.25, -0.2) is 10.1 Å². The van der Waals surface area contributed by atoms with Crippen LogP contribution in [-0.4, -0.2) is 15.2 Å². The Morgan fingerprint density at radius 1 is 1.33 bits per heavy atom. The van der Waals surface area contributed by atoms with Crippen LogP contribution in [-0.2, 0) is 6.42 Å². The zero-order valence-corrected chi connectivity index (χ0v) is 12.5. The molecule has 1 N–H and O–H groups in total. The standard InChI is InChI=1S/C12H17N3OS2/c1-4-7(5-2)11-13-8(6-3)9(18-11)10-14-15-12(17)16-10/h7H,4-6H2,1-3H3,(H,15,17). The van der Waals surface area contributed by atoms with Gasteiger partial charge in [0, 0.05) is 5.92 Å². The largest absolute Gasteiger partial charge is 0.408 e. The van der Waals surface area contributed by atoms with Crippen molar-refractivity contribution in [3.05, 3.63) is 15.5 Å². The van der Waals surface area contributed by atoms with Crippen LogP contribution < -0.4 is 0 Å². The predicted octanol–water partition coefficient (Wildman–Crippen LogP) is 4.32. The second-order valence-electron chi connectivity index (χ2n) is 4.11. The number of hydrogen-bond donors (Lipinski definition) is 1. The first kappa shape index (κ1) is 13.4. The minimum absolute atomic E-state index is 0.310. The fourth-order valence-electron chi connectivity index (χ4n) is 1.92. The number of aromatic amines is 1. The predicted molar refractivity (Wildman–Crippen MR) is 75.5 cm³/mol. The van der Waals surface area contributed by atoms with Gasteiger partial charge in [-0.15, -0.1) is 16.4 Å². The Morgan fingerprint density at radius 2 is 2.06 bits per heavy atom. The summed E-state index contributed by atoms with van der Waals surface area (Å²) in [5, 5.41) is 7.93. The Balaban J connectivity index is 2.44. The number of aromatic nitrogens is 3. The van der Waals surface area contributed by atoms with Crippen LogP contribution in [0.1, 0.15) is 50.2 Å². The molecule has 0 spiro atoms. The monoisotopic (exact) mass is 283 g/mol. The molecule has 0 saturated heterocycles. The van der Waals surface area contributed by atoms with E-state index in [9.17, 15) is 0 Å².